The van der Waals surface area contributed by atoms with E-state index in [2.05, 4.69) is 10.4 Å². The Kier molecular flexibility index (Phi) is 3.96. The van der Waals surface area contributed by atoms with Crippen LogP contribution in [-0.2, 0) is 11.8 Å². The van der Waals surface area contributed by atoms with Gasteiger partial charge in [-0.05, 0) is 20.3 Å². The van der Waals surface area contributed by atoms with Crippen molar-refractivity contribution in [1.29, 1.82) is 0 Å². The molecule has 0 aromatic carbocycles. The second kappa shape index (κ2) is 5.52. The van der Waals surface area contributed by atoms with E-state index in [1.54, 1.807) is 18.9 Å². The van der Waals surface area contributed by atoms with Crippen LogP contribution in [0.2, 0.25) is 0 Å². The lowest BCUT2D eigenvalue weighted by Crippen LogP contribution is -2.43. The van der Waals surface area contributed by atoms with Gasteiger partial charge in [-0.3, -0.25) is 14.3 Å². The van der Waals surface area contributed by atoms with Gasteiger partial charge in [0.05, 0.1) is 11.4 Å². The zero-order valence-corrected chi connectivity index (χ0v) is 12.1. The summed E-state index contributed by atoms with van der Waals surface area (Å²) in [4.78, 5) is 25.5. The first kappa shape index (κ1) is 14.4. The summed E-state index contributed by atoms with van der Waals surface area (Å²) in [5.74, 6) is -0.105. The number of hydrogen-bond acceptors (Lipinski definition) is 4. The van der Waals surface area contributed by atoms with Gasteiger partial charge in [0.15, 0.2) is 0 Å². The third-order valence-corrected chi connectivity index (χ3v) is 3.53. The molecule has 2 amide bonds. The van der Waals surface area contributed by atoms with E-state index in [1.807, 2.05) is 6.92 Å². The maximum Gasteiger partial charge on any atom is 0.271 e. The summed E-state index contributed by atoms with van der Waals surface area (Å²) in [5.41, 5.74) is 7.26. The molecule has 1 aromatic heterocycles. The average molecular weight is 279 g/mol. The number of hydrogen-bond donors (Lipinski definition) is 2. The van der Waals surface area contributed by atoms with E-state index < -0.39 is 0 Å². The van der Waals surface area contributed by atoms with Crippen molar-refractivity contribution in [3.63, 3.8) is 0 Å². The minimum Gasteiger partial charge on any atom is -0.395 e. The van der Waals surface area contributed by atoms with Gasteiger partial charge < -0.3 is 16.0 Å². The molecule has 1 aromatic rings. The molecule has 1 aliphatic heterocycles. The number of aryl methyl sites for hydroxylation is 2. The van der Waals surface area contributed by atoms with Crippen LogP contribution in [0.5, 0.6) is 0 Å². The molecule has 1 atom stereocenters. The first-order chi connectivity index (χ1) is 9.40. The zero-order chi connectivity index (χ0) is 14.9. The second-order valence-corrected chi connectivity index (χ2v) is 5.29. The summed E-state index contributed by atoms with van der Waals surface area (Å²) in [5, 5.41) is 6.99. The van der Waals surface area contributed by atoms with E-state index in [-0.39, 0.29) is 17.9 Å². The number of aromatic nitrogens is 2. The van der Waals surface area contributed by atoms with Crippen LogP contribution >= 0.6 is 0 Å². The number of likely N-dealkylation sites (tertiary alicyclic amines) is 1. The average Bonchev–Trinajstić information content (AvgIpc) is 2.84. The van der Waals surface area contributed by atoms with Gasteiger partial charge in [-0.15, -0.1) is 0 Å². The molecule has 1 saturated heterocycles. The minimum absolute atomic E-state index is 0.126. The first-order valence-corrected chi connectivity index (χ1v) is 6.78. The summed E-state index contributed by atoms with van der Waals surface area (Å²) in [6, 6.07) is -0.126. The molecule has 0 bridgehead atoms. The molecule has 1 unspecified atom stereocenters. The van der Waals surface area contributed by atoms with Crippen molar-refractivity contribution < 1.29 is 9.59 Å². The number of carbonyl (C=O) groups excluding carboxylic acids is 2. The molecule has 20 heavy (non-hydrogen) atoms. The lowest BCUT2D eigenvalue weighted by molar-refractivity contribution is -0.127. The smallest absolute Gasteiger partial charge is 0.271 e. The van der Waals surface area contributed by atoms with Crippen LogP contribution < -0.4 is 11.1 Å². The zero-order valence-electron chi connectivity index (χ0n) is 12.1. The van der Waals surface area contributed by atoms with Gasteiger partial charge in [0.1, 0.15) is 5.69 Å². The Bertz CT molecular complexity index is 537. The predicted octanol–water partition coefficient (Wildman–Crippen LogP) is 0.0514. The van der Waals surface area contributed by atoms with E-state index in [1.165, 1.54) is 4.68 Å². The Labute approximate surface area is 118 Å². The Hall–Kier alpha value is -2.05. The fourth-order valence-electron chi connectivity index (χ4n) is 2.51. The number of nitrogens with zero attached hydrogens (tertiary/aromatic N) is 3. The van der Waals surface area contributed by atoms with Gasteiger partial charge in [0.2, 0.25) is 5.91 Å². The van der Waals surface area contributed by atoms with Crippen molar-refractivity contribution >= 4 is 17.5 Å². The molecular formula is C13H21N5O2. The van der Waals surface area contributed by atoms with Crippen LogP contribution in [0.25, 0.3) is 0 Å². The van der Waals surface area contributed by atoms with Crippen molar-refractivity contribution in [3.8, 4) is 0 Å². The summed E-state index contributed by atoms with van der Waals surface area (Å²) in [7, 11) is 1.69. The molecule has 0 aliphatic carbocycles. The summed E-state index contributed by atoms with van der Waals surface area (Å²) < 4.78 is 1.48. The van der Waals surface area contributed by atoms with Gasteiger partial charge in [-0.2, -0.15) is 5.10 Å². The number of carbonyl (C=O) groups is 2. The van der Waals surface area contributed by atoms with E-state index >= 15 is 0 Å². The highest BCUT2D eigenvalue weighted by atomic mass is 16.2. The van der Waals surface area contributed by atoms with Gasteiger partial charge in [0.25, 0.3) is 5.91 Å². The largest absolute Gasteiger partial charge is 0.395 e. The number of nitrogens with one attached hydrogen (secondary N) is 1. The van der Waals surface area contributed by atoms with E-state index in [0.29, 0.717) is 30.0 Å². The maximum atomic E-state index is 12.2. The first-order valence-electron chi connectivity index (χ1n) is 6.78. The molecule has 1 aliphatic rings. The molecule has 0 saturated carbocycles. The van der Waals surface area contributed by atoms with Gasteiger partial charge in [-0.25, -0.2) is 0 Å². The number of amides is 2. The fourth-order valence-corrected chi connectivity index (χ4v) is 2.51. The van der Waals surface area contributed by atoms with E-state index in [0.717, 1.165) is 13.0 Å². The highest BCUT2D eigenvalue weighted by Crippen LogP contribution is 2.15. The summed E-state index contributed by atoms with van der Waals surface area (Å²) in [6.07, 6.45) is 1.50. The molecule has 2 rings (SSSR count). The summed E-state index contributed by atoms with van der Waals surface area (Å²) >= 11 is 0. The van der Waals surface area contributed by atoms with Gasteiger partial charge in [-0.1, -0.05) is 0 Å². The molecule has 1 fully saturated rings. The van der Waals surface area contributed by atoms with Crippen LogP contribution in [0.1, 0.15) is 35.9 Å². The minimum atomic E-state index is -0.259. The molecule has 110 valence electrons. The Morgan fingerprint density at radius 1 is 1.55 bits per heavy atom. The third-order valence-electron chi connectivity index (χ3n) is 3.53. The quantitative estimate of drug-likeness (QED) is 0.814. The third kappa shape index (κ3) is 2.76. The Morgan fingerprint density at radius 3 is 2.75 bits per heavy atom. The van der Waals surface area contributed by atoms with E-state index in [9.17, 15) is 9.59 Å². The van der Waals surface area contributed by atoms with Crippen LogP contribution in [0.4, 0.5) is 5.69 Å². The lowest BCUT2D eigenvalue weighted by atomic mass is 10.2. The van der Waals surface area contributed by atoms with Crippen LogP contribution in [-0.4, -0.2) is 45.6 Å². The van der Waals surface area contributed by atoms with Crippen LogP contribution in [0.3, 0.4) is 0 Å². The molecule has 7 heteroatoms. The highest BCUT2D eigenvalue weighted by Gasteiger charge is 2.24. The normalized spacial score (nSPS) is 16.6. The molecule has 0 radical (unpaired) electrons. The van der Waals surface area contributed by atoms with E-state index in [4.69, 9.17) is 5.73 Å². The van der Waals surface area contributed by atoms with Crippen molar-refractivity contribution in [2.75, 3.05) is 18.8 Å². The predicted molar refractivity (Wildman–Crippen MR) is 75.1 cm³/mol. The van der Waals surface area contributed by atoms with Crippen LogP contribution in [0, 0.1) is 6.92 Å². The lowest BCUT2D eigenvalue weighted by Gasteiger charge is -2.21. The number of anilines is 1. The SMILES string of the molecule is Cc1nn(C)c(C(=O)NC(C)CN2CCCC2=O)c1N. The Morgan fingerprint density at radius 2 is 2.25 bits per heavy atom. The molecule has 0 spiro atoms. The van der Waals surface area contributed by atoms with Crippen LogP contribution in [0.15, 0.2) is 0 Å². The maximum absolute atomic E-state index is 12.2. The summed E-state index contributed by atoms with van der Waals surface area (Å²) in [6.45, 7) is 4.94. The van der Waals surface area contributed by atoms with Crippen molar-refractivity contribution in [2.45, 2.75) is 32.7 Å². The molecule has 7 nitrogen and oxygen atoms in total. The molecule has 3 N–H and O–H groups in total. The Balaban J connectivity index is 1.98. The number of nitrogen functional groups attached to an aromatic ring is 1. The van der Waals surface area contributed by atoms with Crippen molar-refractivity contribution in [2.24, 2.45) is 7.05 Å². The standard InChI is InChI=1S/C13H21N5O2/c1-8(7-18-6-4-5-10(18)19)15-13(20)12-11(14)9(2)16-17(12)3/h8H,4-7,14H2,1-3H3,(H,15,20). The van der Waals surface area contributed by atoms with Crippen molar-refractivity contribution in [3.05, 3.63) is 11.4 Å². The topological polar surface area (TPSA) is 93.2 Å². The molecular weight excluding hydrogens is 258 g/mol. The van der Waals surface area contributed by atoms with Gasteiger partial charge >= 0.3 is 0 Å². The highest BCUT2D eigenvalue weighted by molar-refractivity contribution is 5.98. The van der Waals surface area contributed by atoms with Gasteiger partial charge in [0, 0.05) is 32.6 Å². The fraction of sp³-hybridized carbons (Fsp3) is 0.615. The number of nitrogens with two attached hydrogens (primary N) is 1. The van der Waals surface area contributed by atoms with Crippen molar-refractivity contribution in [1.82, 2.24) is 20.0 Å². The molecule has 2 heterocycles. The monoisotopic (exact) mass is 279 g/mol. The second-order valence-electron chi connectivity index (χ2n) is 5.29. The number of rotatable bonds is 4.